The molecular formula is C10H13Br2NO. The van der Waals surface area contributed by atoms with E-state index in [0.29, 0.717) is 0 Å². The zero-order valence-electron chi connectivity index (χ0n) is 8.18. The highest BCUT2D eigenvalue weighted by Crippen LogP contribution is 2.31. The molecule has 14 heavy (non-hydrogen) atoms. The minimum atomic E-state index is 0.150. The van der Waals surface area contributed by atoms with Crippen LogP contribution in [0.25, 0.3) is 0 Å². The Morgan fingerprint density at radius 1 is 1.36 bits per heavy atom. The van der Waals surface area contributed by atoms with Crippen LogP contribution in [0.3, 0.4) is 0 Å². The highest BCUT2D eigenvalue weighted by atomic mass is 79.9. The minimum Gasteiger partial charge on any atom is -0.496 e. The molecule has 0 spiro atoms. The molecular weight excluding hydrogens is 310 g/mol. The Balaban J connectivity index is 3.04. The molecule has 2 nitrogen and oxygen atoms in total. The molecule has 0 saturated heterocycles. The number of hydrogen-bond donors (Lipinski definition) is 1. The molecule has 0 aliphatic carbocycles. The summed E-state index contributed by atoms with van der Waals surface area (Å²) in [5, 5.41) is 0. The molecule has 0 heterocycles. The summed E-state index contributed by atoms with van der Waals surface area (Å²) in [6, 6.07) is 4.13. The van der Waals surface area contributed by atoms with E-state index in [1.54, 1.807) is 7.11 Å². The minimum absolute atomic E-state index is 0.150. The van der Waals surface area contributed by atoms with E-state index < -0.39 is 0 Å². The van der Waals surface area contributed by atoms with E-state index in [1.165, 1.54) is 5.56 Å². The van der Waals surface area contributed by atoms with Crippen molar-refractivity contribution in [2.24, 2.45) is 5.73 Å². The fraction of sp³-hybridized carbons (Fsp3) is 0.400. The number of benzene rings is 1. The third-order valence-corrected chi connectivity index (χ3v) is 3.22. The first-order chi connectivity index (χ1) is 6.54. The standard InChI is InChI=1S/C10H13Br2NO/c1-6(13)3-7-4-10(14-2)9(12)5-8(7)11/h4-6H,3,13H2,1-2H3. The lowest BCUT2D eigenvalue weighted by atomic mass is 10.1. The van der Waals surface area contributed by atoms with Gasteiger partial charge in [-0.2, -0.15) is 0 Å². The summed E-state index contributed by atoms with van der Waals surface area (Å²) in [5.74, 6) is 0.837. The van der Waals surface area contributed by atoms with Gasteiger partial charge in [0.25, 0.3) is 0 Å². The van der Waals surface area contributed by atoms with Crippen LogP contribution in [-0.4, -0.2) is 13.2 Å². The predicted molar refractivity (Wildman–Crippen MR) is 65.7 cm³/mol. The van der Waals surface area contributed by atoms with Gasteiger partial charge in [0.1, 0.15) is 5.75 Å². The van der Waals surface area contributed by atoms with Gasteiger partial charge in [-0.15, -0.1) is 0 Å². The molecule has 1 rings (SSSR count). The van der Waals surface area contributed by atoms with Crippen molar-refractivity contribution in [1.29, 1.82) is 0 Å². The zero-order valence-corrected chi connectivity index (χ0v) is 11.4. The Bertz CT molecular complexity index is 326. The summed E-state index contributed by atoms with van der Waals surface area (Å²) in [7, 11) is 1.66. The first-order valence-electron chi connectivity index (χ1n) is 4.32. The number of halogens is 2. The number of ether oxygens (including phenoxy) is 1. The van der Waals surface area contributed by atoms with E-state index in [-0.39, 0.29) is 6.04 Å². The molecule has 0 bridgehead atoms. The average molecular weight is 323 g/mol. The Morgan fingerprint density at radius 2 is 2.00 bits per heavy atom. The molecule has 0 saturated carbocycles. The summed E-state index contributed by atoms with van der Waals surface area (Å²) >= 11 is 6.92. The van der Waals surface area contributed by atoms with E-state index >= 15 is 0 Å². The molecule has 1 aromatic carbocycles. The van der Waals surface area contributed by atoms with Crippen molar-refractivity contribution in [2.75, 3.05) is 7.11 Å². The second-order valence-electron chi connectivity index (χ2n) is 3.26. The smallest absolute Gasteiger partial charge is 0.133 e. The van der Waals surface area contributed by atoms with Gasteiger partial charge in [0.2, 0.25) is 0 Å². The topological polar surface area (TPSA) is 35.2 Å². The molecule has 1 atom stereocenters. The predicted octanol–water partition coefficient (Wildman–Crippen LogP) is 3.11. The number of nitrogens with two attached hydrogens (primary N) is 1. The van der Waals surface area contributed by atoms with Crippen LogP contribution >= 0.6 is 31.9 Å². The largest absolute Gasteiger partial charge is 0.496 e. The van der Waals surface area contributed by atoms with Crippen molar-refractivity contribution in [3.05, 3.63) is 26.6 Å². The van der Waals surface area contributed by atoms with Crippen LogP contribution in [0, 0.1) is 0 Å². The Kier molecular flexibility index (Phi) is 4.41. The molecule has 0 fully saturated rings. The van der Waals surface area contributed by atoms with Crippen LogP contribution < -0.4 is 10.5 Å². The Labute approximate surface area is 101 Å². The molecule has 0 radical (unpaired) electrons. The van der Waals surface area contributed by atoms with Gasteiger partial charge in [0.05, 0.1) is 11.6 Å². The number of methoxy groups -OCH3 is 1. The Hall–Kier alpha value is -0.0600. The Morgan fingerprint density at radius 3 is 2.50 bits per heavy atom. The molecule has 78 valence electrons. The summed E-state index contributed by atoms with van der Waals surface area (Å²) in [6.07, 6.45) is 0.838. The number of rotatable bonds is 3. The van der Waals surface area contributed by atoms with Crippen molar-refractivity contribution in [3.63, 3.8) is 0 Å². The second-order valence-corrected chi connectivity index (χ2v) is 4.97. The fourth-order valence-corrected chi connectivity index (χ4v) is 2.55. The first kappa shape index (κ1) is 12.0. The lowest BCUT2D eigenvalue weighted by Gasteiger charge is -2.11. The number of hydrogen-bond acceptors (Lipinski definition) is 2. The van der Waals surface area contributed by atoms with E-state index in [4.69, 9.17) is 10.5 Å². The van der Waals surface area contributed by atoms with Gasteiger partial charge >= 0.3 is 0 Å². The molecule has 0 amide bonds. The summed E-state index contributed by atoms with van der Waals surface area (Å²) in [5.41, 5.74) is 6.92. The molecule has 1 unspecified atom stereocenters. The van der Waals surface area contributed by atoms with Crippen molar-refractivity contribution in [2.45, 2.75) is 19.4 Å². The summed E-state index contributed by atoms with van der Waals surface area (Å²) in [4.78, 5) is 0. The fourth-order valence-electron chi connectivity index (χ4n) is 1.23. The maximum atomic E-state index is 5.75. The molecule has 0 aliphatic rings. The molecule has 2 N–H and O–H groups in total. The second kappa shape index (κ2) is 5.14. The van der Waals surface area contributed by atoms with E-state index in [9.17, 15) is 0 Å². The maximum absolute atomic E-state index is 5.75. The van der Waals surface area contributed by atoms with Crippen molar-refractivity contribution in [3.8, 4) is 5.75 Å². The zero-order chi connectivity index (χ0) is 10.7. The van der Waals surface area contributed by atoms with Gasteiger partial charge in [-0.25, -0.2) is 0 Å². The van der Waals surface area contributed by atoms with Crippen LogP contribution in [0.2, 0.25) is 0 Å². The van der Waals surface area contributed by atoms with E-state index in [1.807, 2.05) is 19.1 Å². The maximum Gasteiger partial charge on any atom is 0.133 e. The van der Waals surface area contributed by atoms with Crippen molar-refractivity contribution < 1.29 is 4.74 Å². The highest BCUT2D eigenvalue weighted by Gasteiger charge is 2.08. The van der Waals surface area contributed by atoms with Gasteiger partial charge in [0.15, 0.2) is 0 Å². The lowest BCUT2D eigenvalue weighted by molar-refractivity contribution is 0.411. The SMILES string of the molecule is COc1cc(CC(C)N)c(Br)cc1Br. The lowest BCUT2D eigenvalue weighted by Crippen LogP contribution is -2.18. The van der Waals surface area contributed by atoms with Gasteiger partial charge in [-0.05, 0) is 47.0 Å². The van der Waals surface area contributed by atoms with Crippen molar-refractivity contribution >= 4 is 31.9 Å². The quantitative estimate of drug-likeness (QED) is 0.928. The van der Waals surface area contributed by atoms with Crippen LogP contribution in [0.5, 0.6) is 5.75 Å². The van der Waals surface area contributed by atoms with Crippen LogP contribution in [0.1, 0.15) is 12.5 Å². The van der Waals surface area contributed by atoms with Gasteiger partial charge in [-0.1, -0.05) is 15.9 Å². The highest BCUT2D eigenvalue weighted by molar-refractivity contribution is 9.11. The normalized spacial score (nSPS) is 12.6. The monoisotopic (exact) mass is 321 g/mol. The van der Waals surface area contributed by atoms with Gasteiger partial charge in [-0.3, -0.25) is 0 Å². The molecule has 0 aliphatic heterocycles. The van der Waals surface area contributed by atoms with Gasteiger partial charge in [0, 0.05) is 10.5 Å². The van der Waals surface area contributed by atoms with Gasteiger partial charge < -0.3 is 10.5 Å². The third-order valence-electron chi connectivity index (χ3n) is 1.86. The van der Waals surface area contributed by atoms with E-state index in [0.717, 1.165) is 21.1 Å². The first-order valence-corrected chi connectivity index (χ1v) is 5.90. The van der Waals surface area contributed by atoms with Crippen LogP contribution in [-0.2, 0) is 6.42 Å². The van der Waals surface area contributed by atoms with E-state index in [2.05, 4.69) is 31.9 Å². The van der Waals surface area contributed by atoms with Crippen LogP contribution in [0.4, 0.5) is 0 Å². The molecule has 1 aromatic rings. The summed E-state index contributed by atoms with van der Waals surface area (Å²) in [6.45, 7) is 1.99. The third kappa shape index (κ3) is 2.97. The average Bonchev–Trinajstić information content (AvgIpc) is 2.09. The van der Waals surface area contributed by atoms with Crippen LogP contribution in [0.15, 0.2) is 21.1 Å². The van der Waals surface area contributed by atoms with Crippen molar-refractivity contribution in [1.82, 2.24) is 0 Å². The summed E-state index contributed by atoms with van der Waals surface area (Å²) < 4.78 is 7.22. The molecule has 0 aromatic heterocycles. The molecule has 4 heteroatoms.